The molecule has 3 heterocycles. The number of benzene rings is 2. The number of aryl methyl sites for hydroxylation is 1. The molecular weight excluding hydrogens is 471 g/mol. The van der Waals surface area contributed by atoms with Gasteiger partial charge in [0.15, 0.2) is 0 Å². The molecule has 0 saturated carbocycles. The molecule has 0 N–H and O–H groups in total. The lowest BCUT2D eigenvalue weighted by Crippen LogP contribution is -2.36. The van der Waals surface area contributed by atoms with Crippen LogP contribution in [0.25, 0.3) is 16.9 Å². The summed E-state index contributed by atoms with van der Waals surface area (Å²) in [7, 11) is -2.22. The Morgan fingerprint density at radius 2 is 1.80 bits per heavy atom. The summed E-state index contributed by atoms with van der Waals surface area (Å²) >= 11 is 0. The number of ether oxygens (including phenoxy) is 1. The Kier molecular flexibility index (Phi) is 6.12. The highest BCUT2D eigenvalue weighted by Crippen LogP contribution is 2.32. The van der Waals surface area contributed by atoms with E-state index < -0.39 is 15.8 Å². The predicted molar refractivity (Wildman–Crippen MR) is 129 cm³/mol. The van der Waals surface area contributed by atoms with Gasteiger partial charge in [-0.25, -0.2) is 17.8 Å². The Hall–Kier alpha value is -3.57. The first kappa shape index (κ1) is 23.2. The van der Waals surface area contributed by atoms with Crippen LogP contribution in [-0.2, 0) is 10.0 Å². The fraction of sp³-hybridized carbons (Fsp3) is 0.292. The zero-order chi connectivity index (χ0) is 24.6. The molecular formula is C24H25FN6O3S. The average molecular weight is 497 g/mol. The normalized spacial score (nSPS) is 15.3. The van der Waals surface area contributed by atoms with E-state index in [2.05, 4.69) is 20.0 Å². The molecule has 0 unspecified atom stereocenters. The van der Waals surface area contributed by atoms with Gasteiger partial charge >= 0.3 is 0 Å². The summed E-state index contributed by atoms with van der Waals surface area (Å²) in [6.45, 7) is 3.29. The standard InChI is InChI=1S/C24H25FN6O3S/c1-17-4-7-19(25)14-22(17)35(32,33)30-11-3-10-29(12-13-30)23-21(15-26-24-27-16-28-31(23)24)18-5-8-20(34-2)9-6-18/h4-9,14-16H,3,10-13H2,1-2H3. The Morgan fingerprint density at radius 3 is 2.57 bits per heavy atom. The molecule has 1 saturated heterocycles. The van der Waals surface area contributed by atoms with E-state index in [9.17, 15) is 12.8 Å². The molecule has 0 aliphatic carbocycles. The van der Waals surface area contributed by atoms with Crippen molar-refractivity contribution < 1.29 is 17.5 Å². The average Bonchev–Trinajstić information content (AvgIpc) is 3.20. The first-order valence-corrected chi connectivity index (χ1v) is 12.7. The third-order valence-electron chi connectivity index (χ3n) is 6.20. The molecule has 5 rings (SSSR count). The summed E-state index contributed by atoms with van der Waals surface area (Å²) in [4.78, 5) is 10.8. The van der Waals surface area contributed by atoms with Crippen LogP contribution in [0.5, 0.6) is 5.75 Å². The molecule has 0 bridgehead atoms. The van der Waals surface area contributed by atoms with E-state index in [4.69, 9.17) is 4.74 Å². The maximum Gasteiger partial charge on any atom is 0.254 e. The second kappa shape index (κ2) is 9.23. The van der Waals surface area contributed by atoms with Crippen LogP contribution in [0, 0.1) is 12.7 Å². The minimum atomic E-state index is -3.84. The molecule has 2 aromatic carbocycles. The molecule has 35 heavy (non-hydrogen) atoms. The molecule has 0 radical (unpaired) electrons. The molecule has 4 aromatic rings. The topological polar surface area (TPSA) is 92.9 Å². The highest BCUT2D eigenvalue weighted by atomic mass is 32.2. The minimum absolute atomic E-state index is 0.00690. The summed E-state index contributed by atoms with van der Waals surface area (Å²) in [6, 6.07) is 11.5. The Bertz CT molecular complexity index is 1470. The van der Waals surface area contributed by atoms with Crippen LogP contribution >= 0.6 is 0 Å². The van der Waals surface area contributed by atoms with Gasteiger partial charge in [-0.15, -0.1) is 0 Å². The van der Waals surface area contributed by atoms with Gasteiger partial charge < -0.3 is 9.64 Å². The second-order valence-electron chi connectivity index (χ2n) is 8.35. The van der Waals surface area contributed by atoms with E-state index in [1.165, 1.54) is 22.8 Å². The fourth-order valence-electron chi connectivity index (χ4n) is 4.38. The number of methoxy groups -OCH3 is 1. The van der Waals surface area contributed by atoms with E-state index in [0.29, 0.717) is 37.4 Å². The van der Waals surface area contributed by atoms with Crippen molar-refractivity contribution in [2.75, 3.05) is 38.2 Å². The Morgan fingerprint density at radius 1 is 1.00 bits per heavy atom. The lowest BCUT2D eigenvalue weighted by molar-refractivity contribution is 0.415. The predicted octanol–water partition coefficient (Wildman–Crippen LogP) is 3.15. The highest BCUT2D eigenvalue weighted by molar-refractivity contribution is 7.89. The first-order valence-electron chi connectivity index (χ1n) is 11.2. The number of fused-ring (bicyclic) bond motifs is 1. The number of anilines is 1. The van der Waals surface area contributed by atoms with Gasteiger partial charge in [-0.05, 0) is 48.7 Å². The summed E-state index contributed by atoms with van der Waals surface area (Å²) in [5, 5.41) is 4.38. The van der Waals surface area contributed by atoms with Crippen LogP contribution in [0.4, 0.5) is 10.2 Å². The second-order valence-corrected chi connectivity index (χ2v) is 10.3. The van der Waals surface area contributed by atoms with Crippen molar-refractivity contribution in [3.05, 3.63) is 66.4 Å². The lowest BCUT2D eigenvalue weighted by Gasteiger charge is -2.26. The summed E-state index contributed by atoms with van der Waals surface area (Å²) in [5.41, 5.74) is 2.30. The Labute approximate surface area is 202 Å². The van der Waals surface area contributed by atoms with Crippen LogP contribution in [-0.4, -0.2) is 65.6 Å². The quantitative estimate of drug-likeness (QED) is 0.419. The maximum absolute atomic E-state index is 13.9. The van der Waals surface area contributed by atoms with Crippen molar-refractivity contribution in [2.24, 2.45) is 0 Å². The number of halogens is 1. The Balaban J connectivity index is 1.50. The number of aromatic nitrogens is 4. The fourth-order valence-corrected chi connectivity index (χ4v) is 6.09. The third-order valence-corrected chi connectivity index (χ3v) is 8.24. The zero-order valence-corrected chi connectivity index (χ0v) is 20.2. The van der Waals surface area contributed by atoms with Gasteiger partial charge in [-0.1, -0.05) is 18.2 Å². The monoisotopic (exact) mass is 496 g/mol. The number of nitrogens with zero attached hydrogens (tertiary/aromatic N) is 6. The van der Waals surface area contributed by atoms with E-state index in [0.717, 1.165) is 28.8 Å². The summed E-state index contributed by atoms with van der Waals surface area (Å²) < 4.78 is 49.0. The zero-order valence-electron chi connectivity index (χ0n) is 19.4. The first-order chi connectivity index (χ1) is 16.9. The van der Waals surface area contributed by atoms with Gasteiger partial charge in [0.05, 0.1) is 12.0 Å². The van der Waals surface area contributed by atoms with Gasteiger partial charge in [-0.2, -0.15) is 18.9 Å². The molecule has 182 valence electrons. The summed E-state index contributed by atoms with van der Waals surface area (Å²) in [6.07, 6.45) is 3.80. The number of hydrogen-bond acceptors (Lipinski definition) is 7. The van der Waals surface area contributed by atoms with Gasteiger partial charge in [0.25, 0.3) is 5.78 Å². The van der Waals surface area contributed by atoms with Crippen LogP contribution < -0.4 is 9.64 Å². The van der Waals surface area contributed by atoms with Crippen molar-refractivity contribution in [1.29, 1.82) is 0 Å². The summed E-state index contributed by atoms with van der Waals surface area (Å²) in [5.74, 6) is 1.42. The van der Waals surface area contributed by atoms with E-state index >= 15 is 0 Å². The molecule has 2 aromatic heterocycles. The molecule has 1 fully saturated rings. The molecule has 0 atom stereocenters. The van der Waals surface area contributed by atoms with E-state index in [1.807, 2.05) is 24.3 Å². The van der Waals surface area contributed by atoms with E-state index in [-0.39, 0.29) is 11.4 Å². The van der Waals surface area contributed by atoms with Gasteiger partial charge in [0.2, 0.25) is 10.0 Å². The van der Waals surface area contributed by atoms with Crippen LogP contribution in [0.2, 0.25) is 0 Å². The smallest absolute Gasteiger partial charge is 0.254 e. The van der Waals surface area contributed by atoms with Crippen molar-refractivity contribution in [1.82, 2.24) is 23.9 Å². The minimum Gasteiger partial charge on any atom is -0.497 e. The SMILES string of the molecule is COc1ccc(-c2cnc3ncnn3c2N2CCCN(S(=O)(=O)c3cc(F)ccc3C)CC2)cc1. The van der Waals surface area contributed by atoms with Crippen LogP contribution in [0.3, 0.4) is 0 Å². The van der Waals surface area contributed by atoms with Crippen LogP contribution in [0.1, 0.15) is 12.0 Å². The largest absolute Gasteiger partial charge is 0.497 e. The van der Waals surface area contributed by atoms with Gasteiger partial charge in [0.1, 0.15) is 23.7 Å². The number of hydrogen-bond donors (Lipinski definition) is 0. The molecule has 0 amide bonds. The van der Waals surface area contributed by atoms with E-state index in [1.54, 1.807) is 24.7 Å². The lowest BCUT2D eigenvalue weighted by atomic mass is 10.1. The molecule has 1 aliphatic rings. The van der Waals surface area contributed by atoms with Crippen molar-refractivity contribution in [2.45, 2.75) is 18.2 Å². The molecule has 9 nitrogen and oxygen atoms in total. The number of rotatable bonds is 5. The van der Waals surface area contributed by atoms with Gasteiger partial charge in [0, 0.05) is 37.9 Å². The van der Waals surface area contributed by atoms with Crippen LogP contribution in [0.15, 0.2) is 59.9 Å². The number of sulfonamides is 1. The van der Waals surface area contributed by atoms with Gasteiger partial charge in [-0.3, -0.25) is 0 Å². The highest BCUT2D eigenvalue weighted by Gasteiger charge is 2.30. The van der Waals surface area contributed by atoms with Crippen molar-refractivity contribution in [3.8, 4) is 16.9 Å². The molecule has 11 heteroatoms. The molecule has 0 spiro atoms. The van der Waals surface area contributed by atoms with Crippen molar-refractivity contribution >= 4 is 21.6 Å². The molecule has 1 aliphatic heterocycles. The maximum atomic E-state index is 13.9. The van der Waals surface area contributed by atoms with Crippen molar-refractivity contribution in [3.63, 3.8) is 0 Å². The third kappa shape index (κ3) is 4.32.